The molecule has 1 aromatic carbocycles. The van der Waals surface area contributed by atoms with Gasteiger partial charge in [0.25, 0.3) is 5.91 Å². The van der Waals surface area contributed by atoms with Crippen molar-refractivity contribution in [1.82, 2.24) is 14.9 Å². The maximum Gasteiger partial charge on any atom is 0.255 e. The number of pyridine rings is 2. The van der Waals surface area contributed by atoms with Crippen molar-refractivity contribution in [2.24, 2.45) is 0 Å². The van der Waals surface area contributed by atoms with Crippen molar-refractivity contribution in [2.45, 2.75) is 33.0 Å². The first-order chi connectivity index (χ1) is 13.1. The lowest BCUT2D eigenvalue weighted by molar-refractivity contribution is 0.0690. The van der Waals surface area contributed by atoms with E-state index < -0.39 is 0 Å². The van der Waals surface area contributed by atoms with E-state index in [0.29, 0.717) is 18.7 Å². The molecule has 5 heteroatoms. The minimum absolute atomic E-state index is 0.0161. The molecule has 5 nitrogen and oxygen atoms in total. The van der Waals surface area contributed by atoms with Gasteiger partial charge in [-0.15, -0.1) is 0 Å². The molecule has 0 aliphatic rings. The van der Waals surface area contributed by atoms with Gasteiger partial charge in [0.15, 0.2) is 0 Å². The molecule has 0 aliphatic carbocycles. The Balaban J connectivity index is 1.66. The molecular weight excluding hydrogens is 336 g/mol. The van der Waals surface area contributed by atoms with Crippen molar-refractivity contribution in [2.75, 3.05) is 5.32 Å². The molecular formula is C22H24N4O. The lowest BCUT2D eigenvalue weighted by atomic mass is 10.1. The van der Waals surface area contributed by atoms with E-state index in [1.165, 1.54) is 0 Å². The molecule has 0 unspecified atom stereocenters. The summed E-state index contributed by atoms with van der Waals surface area (Å²) in [5.74, 6) is 0.703. The minimum Gasteiger partial charge on any atom is -0.364 e. The number of carbonyl (C=O) groups excluding carboxylic acids is 1. The quantitative estimate of drug-likeness (QED) is 0.688. The van der Waals surface area contributed by atoms with Crippen molar-refractivity contribution < 1.29 is 4.79 Å². The number of hydrogen-bond acceptors (Lipinski definition) is 4. The van der Waals surface area contributed by atoms with Crippen LogP contribution >= 0.6 is 0 Å². The Bertz CT molecular complexity index is 849. The second-order valence-electron chi connectivity index (χ2n) is 6.62. The Morgan fingerprint density at radius 1 is 1.00 bits per heavy atom. The lowest BCUT2D eigenvalue weighted by Gasteiger charge is -2.27. The second kappa shape index (κ2) is 8.94. The van der Waals surface area contributed by atoms with Crippen LogP contribution in [0, 0.1) is 0 Å². The van der Waals surface area contributed by atoms with Gasteiger partial charge in [0.05, 0.1) is 17.8 Å². The summed E-state index contributed by atoms with van der Waals surface area (Å²) < 4.78 is 0. The first-order valence-electron chi connectivity index (χ1n) is 9.08. The Hall–Kier alpha value is -3.21. The molecule has 27 heavy (non-hydrogen) atoms. The summed E-state index contributed by atoms with van der Waals surface area (Å²) in [7, 11) is 0. The largest absolute Gasteiger partial charge is 0.364 e. The molecule has 2 heterocycles. The highest BCUT2D eigenvalue weighted by atomic mass is 16.2. The van der Waals surface area contributed by atoms with Crippen LogP contribution in [0.1, 0.15) is 35.5 Å². The topological polar surface area (TPSA) is 58.1 Å². The van der Waals surface area contributed by atoms with Gasteiger partial charge in [-0.3, -0.25) is 9.78 Å². The van der Waals surface area contributed by atoms with Gasteiger partial charge < -0.3 is 10.2 Å². The van der Waals surface area contributed by atoms with E-state index in [4.69, 9.17) is 0 Å². The Kier molecular flexibility index (Phi) is 6.15. The van der Waals surface area contributed by atoms with Crippen molar-refractivity contribution in [3.8, 4) is 0 Å². The van der Waals surface area contributed by atoms with Crippen LogP contribution in [0.25, 0.3) is 0 Å². The number of nitrogens with zero attached hydrogens (tertiary/aromatic N) is 3. The number of anilines is 1. The van der Waals surface area contributed by atoms with E-state index in [1.807, 2.05) is 79.4 Å². The van der Waals surface area contributed by atoms with E-state index in [0.717, 1.165) is 17.1 Å². The standard InChI is InChI=1S/C22H24N4O/c1-17(2)26(16-18-8-4-3-5-9-18)22(27)19-11-12-21(24-14-19)25-15-20-10-6-7-13-23-20/h3-14,17H,15-16H2,1-2H3,(H,24,25). The molecule has 0 radical (unpaired) electrons. The van der Waals surface area contributed by atoms with Crippen molar-refractivity contribution in [1.29, 1.82) is 0 Å². The third-order valence-electron chi connectivity index (χ3n) is 4.27. The van der Waals surface area contributed by atoms with Crippen LogP contribution in [-0.2, 0) is 13.1 Å². The molecule has 0 spiro atoms. The van der Waals surface area contributed by atoms with E-state index in [-0.39, 0.29) is 11.9 Å². The summed E-state index contributed by atoms with van der Waals surface area (Å²) in [5.41, 5.74) is 2.64. The third kappa shape index (κ3) is 5.14. The summed E-state index contributed by atoms with van der Waals surface area (Å²) >= 11 is 0. The van der Waals surface area contributed by atoms with Crippen LogP contribution in [0.2, 0.25) is 0 Å². The number of nitrogens with one attached hydrogen (secondary N) is 1. The van der Waals surface area contributed by atoms with Gasteiger partial charge in [-0.05, 0) is 43.7 Å². The number of hydrogen-bond donors (Lipinski definition) is 1. The van der Waals surface area contributed by atoms with Crippen LogP contribution < -0.4 is 5.32 Å². The van der Waals surface area contributed by atoms with Gasteiger partial charge in [-0.2, -0.15) is 0 Å². The molecule has 3 aromatic rings. The molecule has 0 saturated heterocycles. The zero-order valence-corrected chi connectivity index (χ0v) is 15.7. The smallest absolute Gasteiger partial charge is 0.255 e. The van der Waals surface area contributed by atoms with E-state index >= 15 is 0 Å². The summed E-state index contributed by atoms with van der Waals surface area (Å²) in [4.78, 5) is 23.4. The first-order valence-corrected chi connectivity index (χ1v) is 9.08. The molecule has 0 saturated carbocycles. The maximum absolute atomic E-state index is 12.9. The Morgan fingerprint density at radius 2 is 1.78 bits per heavy atom. The monoisotopic (exact) mass is 360 g/mol. The van der Waals surface area contributed by atoms with Gasteiger partial charge in [0.2, 0.25) is 0 Å². The molecule has 2 aromatic heterocycles. The van der Waals surface area contributed by atoms with Gasteiger partial charge in [0, 0.05) is 25.0 Å². The van der Waals surface area contributed by atoms with E-state index in [9.17, 15) is 4.79 Å². The van der Waals surface area contributed by atoms with Crippen LogP contribution in [0.5, 0.6) is 0 Å². The predicted octanol–water partition coefficient (Wildman–Crippen LogP) is 4.14. The van der Waals surface area contributed by atoms with Gasteiger partial charge in [0.1, 0.15) is 5.82 Å². The fourth-order valence-corrected chi connectivity index (χ4v) is 2.74. The number of benzene rings is 1. The number of aromatic nitrogens is 2. The highest BCUT2D eigenvalue weighted by molar-refractivity contribution is 5.94. The summed E-state index contributed by atoms with van der Waals surface area (Å²) in [6.07, 6.45) is 3.39. The summed E-state index contributed by atoms with van der Waals surface area (Å²) in [6, 6.07) is 19.6. The number of carbonyl (C=O) groups is 1. The number of amides is 1. The average Bonchev–Trinajstić information content (AvgIpc) is 2.72. The molecule has 1 amide bonds. The lowest BCUT2D eigenvalue weighted by Crippen LogP contribution is -2.36. The minimum atomic E-state index is -0.0161. The molecule has 1 N–H and O–H groups in total. The van der Waals surface area contributed by atoms with Crippen LogP contribution in [-0.4, -0.2) is 26.8 Å². The fraction of sp³-hybridized carbons (Fsp3) is 0.227. The highest BCUT2D eigenvalue weighted by Gasteiger charge is 2.19. The third-order valence-corrected chi connectivity index (χ3v) is 4.27. The molecule has 138 valence electrons. The molecule has 0 aliphatic heterocycles. The van der Waals surface area contributed by atoms with Gasteiger partial charge in [-0.25, -0.2) is 4.98 Å². The SMILES string of the molecule is CC(C)N(Cc1ccccc1)C(=O)c1ccc(NCc2ccccn2)nc1. The van der Waals surface area contributed by atoms with Crippen molar-refractivity contribution >= 4 is 11.7 Å². The van der Waals surface area contributed by atoms with E-state index in [1.54, 1.807) is 12.4 Å². The molecule has 0 atom stereocenters. The summed E-state index contributed by atoms with van der Waals surface area (Å²) in [5, 5.41) is 3.22. The van der Waals surface area contributed by atoms with Crippen LogP contribution in [0.15, 0.2) is 73.1 Å². The van der Waals surface area contributed by atoms with Crippen LogP contribution in [0.4, 0.5) is 5.82 Å². The Labute approximate surface area is 160 Å². The zero-order chi connectivity index (χ0) is 19.1. The van der Waals surface area contributed by atoms with E-state index in [2.05, 4.69) is 15.3 Å². The van der Waals surface area contributed by atoms with Crippen molar-refractivity contribution in [3.63, 3.8) is 0 Å². The summed E-state index contributed by atoms with van der Waals surface area (Å²) in [6.45, 7) is 5.22. The van der Waals surface area contributed by atoms with Gasteiger partial charge in [-0.1, -0.05) is 36.4 Å². The number of rotatable bonds is 7. The molecule has 3 rings (SSSR count). The van der Waals surface area contributed by atoms with Crippen LogP contribution in [0.3, 0.4) is 0 Å². The van der Waals surface area contributed by atoms with Crippen molar-refractivity contribution in [3.05, 3.63) is 89.9 Å². The van der Waals surface area contributed by atoms with Gasteiger partial charge >= 0.3 is 0 Å². The Morgan fingerprint density at radius 3 is 2.41 bits per heavy atom. The second-order valence-corrected chi connectivity index (χ2v) is 6.62. The normalized spacial score (nSPS) is 10.6. The maximum atomic E-state index is 12.9. The first kappa shape index (κ1) is 18.6. The predicted molar refractivity (Wildman–Crippen MR) is 107 cm³/mol. The molecule has 0 bridgehead atoms. The highest BCUT2D eigenvalue weighted by Crippen LogP contribution is 2.14. The molecule has 0 fully saturated rings. The fourth-order valence-electron chi connectivity index (χ4n) is 2.74. The zero-order valence-electron chi connectivity index (χ0n) is 15.7. The average molecular weight is 360 g/mol.